The van der Waals surface area contributed by atoms with Crippen molar-refractivity contribution in [2.24, 2.45) is 0 Å². The van der Waals surface area contributed by atoms with E-state index < -0.39 is 24.0 Å². The van der Waals surface area contributed by atoms with Crippen molar-refractivity contribution in [3.05, 3.63) is 125 Å². The number of ether oxygens (including phenoxy) is 1. The highest BCUT2D eigenvalue weighted by molar-refractivity contribution is 7.98. The van der Waals surface area contributed by atoms with Gasteiger partial charge in [-0.05, 0) is 83.9 Å². The van der Waals surface area contributed by atoms with Crippen molar-refractivity contribution in [3.8, 4) is 0 Å². The summed E-state index contributed by atoms with van der Waals surface area (Å²) in [6.07, 6.45) is 7.80. The van der Waals surface area contributed by atoms with Crippen LogP contribution in [-0.2, 0) is 28.9 Å². The van der Waals surface area contributed by atoms with Gasteiger partial charge in [0, 0.05) is 24.5 Å². The fourth-order valence-corrected chi connectivity index (χ4v) is 5.05. The van der Waals surface area contributed by atoms with Gasteiger partial charge in [-0.2, -0.15) is 11.8 Å². The van der Waals surface area contributed by atoms with Crippen LogP contribution in [0.4, 0.5) is 8.78 Å². The van der Waals surface area contributed by atoms with Crippen molar-refractivity contribution in [3.63, 3.8) is 0 Å². The van der Waals surface area contributed by atoms with Crippen LogP contribution in [0.3, 0.4) is 0 Å². The van der Waals surface area contributed by atoms with Gasteiger partial charge in [-0.3, -0.25) is 4.79 Å². The number of amides is 1. The third kappa shape index (κ3) is 8.74. The number of benzene rings is 3. The molecule has 4 aromatic rings. The van der Waals surface area contributed by atoms with Gasteiger partial charge in [0.25, 0.3) is 5.91 Å². The first-order valence-electron chi connectivity index (χ1n) is 13.6. The Hall–Kier alpha value is -4.02. The molecule has 7 nitrogen and oxygen atoms in total. The summed E-state index contributed by atoms with van der Waals surface area (Å²) in [5.41, 5.74) is 3.44. The predicted molar refractivity (Wildman–Crippen MR) is 159 cm³/mol. The minimum Gasteiger partial charge on any atom is -0.480 e. The number of halogens is 2. The van der Waals surface area contributed by atoms with Crippen LogP contribution in [0, 0.1) is 11.6 Å². The van der Waals surface area contributed by atoms with Crippen LogP contribution < -0.4 is 5.32 Å². The maximum Gasteiger partial charge on any atom is 0.326 e. The molecular weight excluding hydrogens is 560 g/mol. The maximum absolute atomic E-state index is 13.8. The van der Waals surface area contributed by atoms with Gasteiger partial charge in [-0.15, -0.1) is 0 Å². The number of hydrogen-bond acceptors (Lipinski definition) is 5. The third-order valence-electron chi connectivity index (χ3n) is 6.85. The number of carboxylic acid groups (broad SMARTS) is 1. The van der Waals surface area contributed by atoms with Crippen LogP contribution in [0.25, 0.3) is 0 Å². The molecular formula is C32H33F2N3O4S. The van der Waals surface area contributed by atoms with Gasteiger partial charge in [0.2, 0.25) is 0 Å². The Labute approximate surface area is 247 Å². The molecule has 220 valence electrons. The fraction of sp³-hybridized carbons (Fsp3) is 0.281. The van der Waals surface area contributed by atoms with Crippen molar-refractivity contribution in [1.82, 2.24) is 14.9 Å². The molecule has 1 aromatic heterocycles. The number of carbonyl (C=O) groups excluding carboxylic acids is 1. The SMILES string of the molecule is CSCC[C@H](NC(=O)c1ccc(C(OCCn2ccnc2)c2ccc(F)cc2)cc1CCc1ccc(F)cc1)C(=O)O. The van der Waals surface area contributed by atoms with E-state index in [0.717, 1.165) is 16.7 Å². The van der Waals surface area contributed by atoms with Crippen molar-refractivity contribution < 1.29 is 28.2 Å². The zero-order valence-electron chi connectivity index (χ0n) is 23.2. The molecule has 1 heterocycles. The standard InChI is InChI=1S/C32H33F2N3O4S/c1-42-19-14-29(32(39)40)36-31(38)28-13-8-25(20-24(28)5-2-22-3-9-26(33)10-4-22)30(23-6-11-27(34)12-7-23)41-18-17-37-16-15-35-21-37/h3-4,6-13,15-16,20-21,29-30H,2,5,14,17-19H2,1H3,(H,36,38)(H,39,40)/t29-,30?/m0/s1. The highest BCUT2D eigenvalue weighted by atomic mass is 32.2. The Balaban J connectivity index is 1.65. The van der Waals surface area contributed by atoms with Gasteiger partial charge in [0.05, 0.1) is 12.9 Å². The fourth-order valence-electron chi connectivity index (χ4n) is 4.58. The van der Waals surface area contributed by atoms with Crippen molar-refractivity contribution in [2.75, 3.05) is 18.6 Å². The van der Waals surface area contributed by atoms with Crippen molar-refractivity contribution in [1.29, 1.82) is 0 Å². The highest BCUT2D eigenvalue weighted by Gasteiger charge is 2.23. The van der Waals surface area contributed by atoms with E-state index in [1.165, 1.54) is 36.0 Å². The predicted octanol–water partition coefficient (Wildman–Crippen LogP) is 5.69. The molecule has 2 atom stereocenters. The molecule has 0 aliphatic rings. The summed E-state index contributed by atoms with van der Waals surface area (Å²) in [6, 6.07) is 16.6. The lowest BCUT2D eigenvalue weighted by Gasteiger charge is -2.22. The van der Waals surface area contributed by atoms with Gasteiger partial charge in [0.15, 0.2) is 0 Å². The molecule has 0 saturated heterocycles. The molecule has 1 unspecified atom stereocenters. The van der Waals surface area contributed by atoms with Crippen molar-refractivity contribution in [2.45, 2.75) is 38.0 Å². The average Bonchev–Trinajstić information content (AvgIpc) is 3.51. The zero-order valence-corrected chi connectivity index (χ0v) is 24.0. The van der Waals surface area contributed by atoms with E-state index in [0.29, 0.717) is 49.3 Å². The number of nitrogens with zero attached hydrogens (tertiary/aromatic N) is 2. The topological polar surface area (TPSA) is 93.5 Å². The largest absolute Gasteiger partial charge is 0.480 e. The number of hydrogen-bond donors (Lipinski definition) is 2. The van der Waals surface area contributed by atoms with E-state index in [-0.39, 0.29) is 11.6 Å². The first-order chi connectivity index (χ1) is 20.3. The molecule has 0 fully saturated rings. The molecule has 4 rings (SSSR count). The summed E-state index contributed by atoms with van der Waals surface area (Å²) >= 11 is 1.51. The maximum atomic E-state index is 13.8. The quantitative estimate of drug-likeness (QED) is 0.184. The molecule has 42 heavy (non-hydrogen) atoms. The van der Waals surface area contributed by atoms with Crippen molar-refractivity contribution >= 4 is 23.6 Å². The normalized spacial score (nSPS) is 12.5. The first-order valence-corrected chi connectivity index (χ1v) is 15.0. The molecule has 0 bridgehead atoms. The lowest BCUT2D eigenvalue weighted by Crippen LogP contribution is -2.41. The number of imidazole rings is 1. The van der Waals surface area contributed by atoms with Gasteiger partial charge in [-0.25, -0.2) is 18.6 Å². The Morgan fingerprint density at radius 2 is 1.69 bits per heavy atom. The van der Waals surface area contributed by atoms with E-state index in [1.54, 1.807) is 48.9 Å². The smallest absolute Gasteiger partial charge is 0.326 e. The number of carboxylic acids is 1. The van der Waals surface area contributed by atoms with E-state index in [9.17, 15) is 23.5 Å². The van der Waals surface area contributed by atoms with Crippen LogP contribution in [0.2, 0.25) is 0 Å². The third-order valence-corrected chi connectivity index (χ3v) is 7.50. The van der Waals surface area contributed by atoms with E-state index in [4.69, 9.17) is 4.74 Å². The summed E-state index contributed by atoms with van der Waals surface area (Å²) < 4.78 is 35.4. The van der Waals surface area contributed by atoms with E-state index >= 15 is 0 Å². The van der Waals surface area contributed by atoms with Gasteiger partial charge < -0.3 is 19.7 Å². The van der Waals surface area contributed by atoms with Crippen LogP contribution in [0.1, 0.15) is 45.1 Å². The first kappa shape index (κ1) is 30.9. The molecule has 0 aliphatic carbocycles. The number of nitrogens with one attached hydrogen (secondary N) is 1. The second-order valence-electron chi connectivity index (χ2n) is 9.79. The van der Waals surface area contributed by atoms with Crippen LogP contribution >= 0.6 is 11.8 Å². The lowest BCUT2D eigenvalue weighted by molar-refractivity contribution is -0.139. The molecule has 2 N–H and O–H groups in total. The monoisotopic (exact) mass is 593 g/mol. The number of aryl methyl sites for hydroxylation is 2. The number of carbonyl (C=O) groups is 2. The van der Waals surface area contributed by atoms with Crippen LogP contribution in [0.15, 0.2) is 85.5 Å². The van der Waals surface area contributed by atoms with Gasteiger partial charge in [-0.1, -0.05) is 36.4 Å². The molecule has 0 spiro atoms. The van der Waals surface area contributed by atoms with Gasteiger partial charge in [0.1, 0.15) is 23.8 Å². The summed E-state index contributed by atoms with van der Waals surface area (Å²) in [5.74, 6) is -1.69. The number of rotatable bonds is 15. The zero-order chi connectivity index (χ0) is 29.9. The minimum absolute atomic E-state index is 0.294. The Morgan fingerprint density at radius 3 is 2.33 bits per heavy atom. The number of thioether (sulfide) groups is 1. The molecule has 0 saturated carbocycles. The number of aliphatic carboxylic acids is 1. The summed E-state index contributed by atoms with van der Waals surface area (Å²) in [7, 11) is 0. The second kappa shape index (κ2) is 15.3. The van der Waals surface area contributed by atoms with E-state index in [1.807, 2.05) is 23.1 Å². The van der Waals surface area contributed by atoms with Gasteiger partial charge >= 0.3 is 5.97 Å². The lowest BCUT2D eigenvalue weighted by atomic mass is 9.93. The van der Waals surface area contributed by atoms with E-state index in [2.05, 4.69) is 10.3 Å². The number of aromatic nitrogens is 2. The molecule has 1 amide bonds. The molecule has 3 aromatic carbocycles. The second-order valence-corrected chi connectivity index (χ2v) is 10.8. The minimum atomic E-state index is -1.09. The van der Waals surface area contributed by atoms with Crippen LogP contribution in [-0.4, -0.2) is 51.2 Å². The molecule has 10 heteroatoms. The Kier molecular flexibility index (Phi) is 11.2. The molecule has 0 aliphatic heterocycles. The summed E-state index contributed by atoms with van der Waals surface area (Å²) in [6.45, 7) is 0.906. The Morgan fingerprint density at radius 1 is 1.00 bits per heavy atom. The summed E-state index contributed by atoms with van der Waals surface area (Å²) in [5, 5.41) is 12.3. The molecule has 0 radical (unpaired) electrons. The average molecular weight is 594 g/mol. The van der Waals surface area contributed by atoms with Crippen LogP contribution in [0.5, 0.6) is 0 Å². The highest BCUT2D eigenvalue weighted by Crippen LogP contribution is 2.29. The Bertz CT molecular complexity index is 1450. The summed E-state index contributed by atoms with van der Waals surface area (Å²) in [4.78, 5) is 29.2.